The maximum atomic E-state index is 14.2. The summed E-state index contributed by atoms with van der Waals surface area (Å²) in [5, 5.41) is 2.55. The molecule has 1 N–H and O–H groups in total. The minimum atomic E-state index is -0.421. The maximum Gasteiger partial charge on any atom is 0.255 e. The Morgan fingerprint density at radius 1 is 0.964 bits per heavy atom. The molecule has 0 saturated carbocycles. The molecular weight excluding hydrogens is 375 g/mol. The first kappa shape index (κ1) is 18.3. The summed E-state index contributed by atoms with van der Waals surface area (Å²) in [6.07, 6.45) is 0. The van der Waals surface area contributed by atoms with Gasteiger partial charge in [0.15, 0.2) is 0 Å². The third-order valence-corrected chi connectivity index (χ3v) is 5.68. The molecule has 1 heterocycles. The summed E-state index contributed by atoms with van der Waals surface area (Å²) in [5.74, 6) is -0.436. The van der Waals surface area contributed by atoms with Crippen LogP contribution in [0.4, 0.5) is 15.8 Å². The summed E-state index contributed by atoms with van der Waals surface area (Å²) in [5.41, 5.74) is 2.39. The van der Waals surface area contributed by atoms with E-state index in [-0.39, 0.29) is 22.9 Å². The van der Waals surface area contributed by atoms with E-state index < -0.39 is 5.82 Å². The molecule has 3 aromatic rings. The monoisotopic (exact) mass is 392 g/mol. The minimum Gasteiger partial charge on any atom is -0.322 e. The van der Waals surface area contributed by atoms with Crippen molar-refractivity contribution in [2.45, 2.75) is 5.37 Å². The van der Waals surface area contributed by atoms with E-state index in [4.69, 9.17) is 0 Å². The van der Waals surface area contributed by atoms with E-state index >= 15 is 0 Å². The third kappa shape index (κ3) is 3.64. The number of nitrogens with one attached hydrogen (secondary N) is 1. The Hall–Kier alpha value is -3.12. The van der Waals surface area contributed by atoms with Gasteiger partial charge in [0, 0.05) is 11.3 Å². The predicted molar refractivity (Wildman–Crippen MR) is 110 cm³/mol. The number of carbonyl (C=O) groups excluding carboxylic acids is 2. The first-order valence-electron chi connectivity index (χ1n) is 8.78. The Kier molecular flexibility index (Phi) is 5.12. The molecule has 1 saturated heterocycles. The van der Waals surface area contributed by atoms with E-state index in [1.165, 1.54) is 22.7 Å². The van der Waals surface area contributed by atoms with Crippen LogP contribution in [0.5, 0.6) is 0 Å². The number of nitrogens with zero attached hydrogens (tertiary/aromatic N) is 1. The predicted octanol–water partition coefficient (Wildman–Crippen LogP) is 4.86. The highest BCUT2D eigenvalue weighted by molar-refractivity contribution is 8.00. The highest BCUT2D eigenvalue weighted by Gasteiger charge is 2.35. The van der Waals surface area contributed by atoms with Crippen LogP contribution < -0.4 is 10.2 Å². The fraction of sp³-hybridized carbons (Fsp3) is 0.0909. The minimum absolute atomic E-state index is 0.124. The third-order valence-electron chi connectivity index (χ3n) is 4.47. The molecule has 140 valence electrons. The van der Waals surface area contributed by atoms with Crippen molar-refractivity contribution < 1.29 is 14.0 Å². The smallest absolute Gasteiger partial charge is 0.255 e. The zero-order valence-electron chi connectivity index (χ0n) is 14.8. The van der Waals surface area contributed by atoms with Gasteiger partial charge in [-0.25, -0.2) is 4.39 Å². The van der Waals surface area contributed by atoms with E-state index in [0.29, 0.717) is 17.0 Å². The highest BCUT2D eigenvalue weighted by atomic mass is 32.2. The first-order valence-corrected chi connectivity index (χ1v) is 9.83. The van der Waals surface area contributed by atoms with Crippen LogP contribution in [-0.4, -0.2) is 17.6 Å². The lowest BCUT2D eigenvalue weighted by molar-refractivity contribution is -0.115. The number of halogens is 1. The van der Waals surface area contributed by atoms with E-state index in [1.807, 2.05) is 30.3 Å². The van der Waals surface area contributed by atoms with Gasteiger partial charge in [-0.2, -0.15) is 0 Å². The summed E-state index contributed by atoms with van der Waals surface area (Å²) in [7, 11) is 0. The van der Waals surface area contributed by atoms with Gasteiger partial charge in [-0.05, 0) is 42.0 Å². The lowest BCUT2D eigenvalue weighted by atomic mass is 10.1. The molecule has 1 aliphatic rings. The van der Waals surface area contributed by atoms with Crippen molar-refractivity contribution in [1.82, 2.24) is 0 Å². The van der Waals surface area contributed by atoms with Crippen LogP contribution >= 0.6 is 11.8 Å². The molecule has 3 aromatic carbocycles. The molecule has 2 amide bonds. The van der Waals surface area contributed by atoms with Crippen molar-refractivity contribution >= 4 is 35.0 Å². The standard InChI is InChI=1S/C22H17FN2O2S/c23-18-8-4-5-9-19(18)25-20(26)14-28-22(25)16-10-12-17(13-11-16)24-21(27)15-6-2-1-3-7-15/h1-13,22H,14H2,(H,24,27). The fourth-order valence-electron chi connectivity index (χ4n) is 3.10. The second-order valence-electron chi connectivity index (χ2n) is 6.32. The van der Waals surface area contributed by atoms with Gasteiger partial charge in [0.2, 0.25) is 5.91 Å². The number of benzene rings is 3. The van der Waals surface area contributed by atoms with Crippen LogP contribution in [0.1, 0.15) is 21.3 Å². The lowest BCUT2D eigenvalue weighted by Crippen LogP contribution is -2.28. The molecule has 0 radical (unpaired) electrons. The largest absolute Gasteiger partial charge is 0.322 e. The summed E-state index contributed by atoms with van der Waals surface area (Å²) in [4.78, 5) is 26.1. The van der Waals surface area contributed by atoms with Crippen LogP contribution in [0, 0.1) is 5.82 Å². The summed E-state index contributed by atoms with van der Waals surface area (Å²) >= 11 is 1.45. The van der Waals surface area contributed by atoms with E-state index in [1.54, 1.807) is 42.5 Å². The number of para-hydroxylation sites is 1. The van der Waals surface area contributed by atoms with Gasteiger partial charge in [0.05, 0.1) is 11.4 Å². The Morgan fingerprint density at radius 2 is 1.64 bits per heavy atom. The first-order chi connectivity index (χ1) is 13.6. The van der Waals surface area contributed by atoms with Crippen LogP contribution in [0.3, 0.4) is 0 Å². The number of carbonyl (C=O) groups is 2. The molecule has 1 unspecified atom stereocenters. The van der Waals surface area contributed by atoms with Crippen molar-refractivity contribution in [3.63, 3.8) is 0 Å². The highest BCUT2D eigenvalue weighted by Crippen LogP contribution is 2.42. The van der Waals surface area contributed by atoms with Crippen LogP contribution in [0.15, 0.2) is 78.9 Å². The summed E-state index contributed by atoms with van der Waals surface area (Å²) < 4.78 is 14.2. The Morgan fingerprint density at radius 3 is 2.36 bits per heavy atom. The number of thioether (sulfide) groups is 1. The molecule has 0 aromatic heterocycles. The average Bonchev–Trinajstić information content (AvgIpc) is 3.11. The maximum absolute atomic E-state index is 14.2. The molecule has 0 aliphatic carbocycles. The van der Waals surface area contributed by atoms with Gasteiger partial charge in [0.1, 0.15) is 11.2 Å². The second kappa shape index (κ2) is 7.86. The molecule has 1 aliphatic heterocycles. The number of hydrogen-bond acceptors (Lipinski definition) is 3. The molecule has 4 nitrogen and oxygen atoms in total. The molecule has 28 heavy (non-hydrogen) atoms. The van der Waals surface area contributed by atoms with E-state index in [2.05, 4.69) is 5.32 Å². The summed E-state index contributed by atoms with van der Waals surface area (Å²) in [6, 6.07) is 22.5. The quantitative estimate of drug-likeness (QED) is 0.690. The Bertz CT molecular complexity index is 1010. The Balaban J connectivity index is 1.54. The number of anilines is 2. The molecule has 1 fully saturated rings. The lowest BCUT2D eigenvalue weighted by Gasteiger charge is -2.24. The fourth-order valence-corrected chi connectivity index (χ4v) is 4.27. The van der Waals surface area contributed by atoms with E-state index in [0.717, 1.165) is 5.56 Å². The van der Waals surface area contributed by atoms with Crippen molar-refractivity contribution in [3.8, 4) is 0 Å². The van der Waals surface area contributed by atoms with Gasteiger partial charge >= 0.3 is 0 Å². The molecule has 0 bridgehead atoms. The summed E-state index contributed by atoms with van der Waals surface area (Å²) in [6.45, 7) is 0. The normalized spacial score (nSPS) is 16.2. The topological polar surface area (TPSA) is 49.4 Å². The van der Waals surface area contributed by atoms with Gasteiger partial charge in [-0.3, -0.25) is 14.5 Å². The van der Waals surface area contributed by atoms with Crippen LogP contribution in [-0.2, 0) is 4.79 Å². The second-order valence-corrected chi connectivity index (χ2v) is 7.39. The molecular formula is C22H17FN2O2S. The SMILES string of the molecule is O=C(Nc1ccc(C2SCC(=O)N2c2ccccc2F)cc1)c1ccccc1. The zero-order chi connectivity index (χ0) is 19.5. The Labute approximate surface area is 166 Å². The number of amides is 2. The molecule has 0 spiro atoms. The van der Waals surface area contributed by atoms with Crippen molar-refractivity contribution in [2.24, 2.45) is 0 Å². The molecule has 6 heteroatoms. The van der Waals surface area contributed by atoms with Crippen molar-refractivity contribution in [3.05, 3.63) is 95.8 Å². The van der Waals surface area contributed by atoms with E-state index in [9.17, 15) is 14.0 Å². The van der Waals surface area contributed by atoms with Gasteiger partial charge in [-0.1, -0.05) is 42.5 Å². The molecule has 1 atom stereocenters. The number of hydrogen-bond donors (Lipinski definition) is 1. The zero-order valence-corrected chi connectivity index (χ0v) is 15.7. The van der Waals surface area contributed by atoms with Crippen LogP contribution in [0.25, 0.3) is 0 Å². The van der Waals surface area contributed by atoms with Gasteiger partial charge in [0.25, 0.3) is 5.91 Å². The van der Waals surface area contributed by atoms with Gasteiger partial charge in [-0.15, -0.1) is 11.8 Å². The van der Waals surface area contributed by atoms with Gasteiger partial charge < -0.3 is 5.32 Å². The van der Waals surface area contributed by atoms with Crippen LogP contribution in [0.2, 0.25) is 0 Å². The number of rotatable bonds is 4. The van der Waals surface area contributed by atoms with Crippen molar-refractivity contribution in [1.29, 1.82) is 0 Å². The molecule has 4 rings (SSSR count). The average molecular weight is 392 g/mol. The van der Waals surface area contributed by atoms with Crippen molar-refractivity contribution in [2.75, 3.05) is 16.0 Å².